The number of β-amino-alcohol motifs (C(OH)–C–C–N with tert-alkyl or cyclic N) is 1. The molecule has 1 saturated heterocycles. The number of nitrogens with one attached hydrogen (secondary N) is 1. The Labute approximate surface area is 174 Å². The van der Waals surface area contributed by atoms with Gasteiger partial charge in [-0.05, 0) is 48.5 Å². The van der Waals surface area contributed by atoms with Gasteiger partial charge in [0.05, 0.1) is 11.6 Å². The quantitative estimate of drug-likeness (QED) is 0.653. The van der Waals surface area contributed by atoms with E-state index >= 15 is 0 Å². The minimum absolute atomic E-state index is 0.133. The van der Waals surface area contributed by atoms with Gasteiger partial charge in [0.2, 0.25) is 5.56 Å². The van der Waals surface area contributed by atoms with E-state index in [2.05, 4.69) is 20.9 Å². The highest BCUT2D eigenvalue weighted by molar-refractivity contribution is 5.79. The fraction of sp³-hybridized carbons (Fsp3) is 0.304. The van der Waals surface area contributed by atoms with Gasteiger partial charge in [-0.25, -0.2) is 0 Å². The summed E-state index contributed by atoms with van der Waals surface area (Å²) in [7, 11) is 0. The predicted octanol–water partition coefficient (Wildman–Crippen LogP) is 1.96. The van der Waals surface area contributed by atoms with Crippen LogP contribution in [0.25, 0.3) is 10.9 Å². The third-order valence-corrected chi connectivity index (χ3v) is 5.34. The van der Waals surface area contributed by atoms with Crippen molar-refractivity contribution < 1.29 is 9.84 Å². The molecule has 2 N–H and O–H groups in total. The lowest BCUT2D eigenvalue weighted by molar-refractivity contribution is 0.0663. The van der Waals surface area contributed by atoms with Crippen molar-refractivity contribution in [2.24, 2.45) is 0 Å². The molecule has 1 aliphatic rings. The average molecular weight is 404 g/mol. The molecule has 2 aromatic carbocycles. The van der Waals surface area contributed by atoms with Gasteiger partial charge in [-0.3, -0.25) is 9.69 Å². The number of aromatic nitrogens is 1. The molecular formula is C23H24N4O3. The fourth-order valence-corrected chi connectivity index (χ4v) is 3.70. The Bertz CT molecular complexity index is 1100. The maximum Gasteiger partial charge on any atom is 0.248 e. The summed E-state index contributed by atoms with van der Waals surface area (Å²) in [4.78, 5) is 18.7. The SMILES string of the molecule is N#Cc1ccc(N2CCN(C[C@H](O)COc3ccc4[nH]c(=O)ccc4c3)CC2)cc1. The van der Waals surface area contributed by atoms with Crippen molar-refractivity contribution in [1.82, 2.24) is 9.88 Å². The number of nitriles is 1. The third-order valence-electron chi connectivity index (χ3n) is 5.34. The molecule has 3 aromatic rings. The highest BCUT2D eigenvalue weighted by Crippen LogP contribution is 2.19. The lowest BCUT2D eigenvalue weighted by Crippen LogP contribution is -2.49. The van der Waals surface area contributed by atoms with E-state index in [9.17, 15) is 9.90 Å². The zero-order valence-electron chi connectivity index (χ0n) is 16.6. The summed E-state index contributed by atoms with van der Waals surface area (Å²) < 4.78 is 5.75. The number of hydrogen-bond acceptors (Lipinski definition) is 6. The zero-order chi connectivity index (χ0) is 20.9. The molecule has 30 heavy (non-hydrogen) atoms. The van der Waals surface area contributed by atoms with Gasteiger partial charge in [-0.1, -0.05) is 0 Å². The van der Waals surface area contributed by atoms with Crippen LogP contribution in [0.4, 0.5) is 5.69 Å². The van der Waals surface area contributed by atoms with Gasteiger partial charge < -0.3 is 19.7 Å². The molecule has 0 unspecified atom stereocenters. The highest BCUT2D eigenvalue weighted by atomic mass is 16.5. The van der Waals surface area contributed by atoms with E-state index in [0.29, 0.717) is 17.9 Å². The molecule has 2 heterocycles. The summed E-state index contributed by atoms with van der Waals surface area (Å²) in [5.41, 5.74) is 2.41. The number of ether oxygens (including phenoxy) is 1. The van der Waals surface area contributed by atoms with Gasteiger partial charge in [0, 0.05) is 55.4 Å². The number of anilines is 1. The number of aromatic amines is 1. The van der Waals surface area contributed by atoms with Crippen molar-refractivity contribution >= 4 is 16.6 Å². The number of fused-ring (bicyclic) bond motifs is 1. The largest absolute Gasteiger partial charge is 0.491 e. The molecule has 4 rings (SSSR count). The van der Waals surface area contributed by atoms with E-state index < -0.39 is 6.10 Å². The van der Waals surface area contributed by atoms with Crippen LogP contribution in [0.3, 0.4) is 0 Å². The number of benzene rings is 2. The van der Waals surface area contributed by atoms with Crippen LogP contribution in [0.15, 0.2) is 59.4 Å². The molecule has 1 aliphatic heterocycles. The summed E-state index contributed by atoms with van der Waals surface area (Å²) in [5, 5.41) is 20.2. The highest BCUT2D eigenvalue weighted by Gasteiger charge is 2.20. The summed E-state index contributed by atoms with van der Waals surface area (Å²) in [6.07, 6.45) is -0.585. The maximum atomic E-state index is 11.4. The van der Waals surface area contributed by atoms with E-state index in [1.165, 1.54) is 6.07 Å². The average Bonchev–Trinajstić information content (AvgIpc) is 2.78. The van der Waals surface area contributed by atoms with Crippen molar-refractivity contribution in [1.29, 1.82) is 5.26 Å². The minimum Gasteiger partial charge on any atom is -0.491 e. The Morgan fingerprint density at radius 1 is 1.07 bits per heavy atom. The first kappa shape index (κ1) is 20.0. The van der Waals surface area contributed by atoms with Crippen LogP contribution in [0.2, 0.25) is 0 Å². The normalized spacial score (nSPS) is 15.7. The number of hydrogen-bond donors (Lipinski definition) is 2. The molecule has 1 fully saturated rings. The van der Waals surface area contributed by atoms with Crippen molar-refractivity contribution in [3.63, 3.8) is 0 Å². The Hall–Kier alpha value is -3.34. The zero-order valence-corrected chi connectivity index (χ0v) is 16.6. The summed E-state index contributed by atoms with van der Waals surface area (Å²) in [6, 6.07) is 18.5. The molecular weight excluding hydrogens is 380 g/mol. The van der Waals surface area contributed by atoms with Gasteiger partial charge in [-0.2, -0.15) is 5.26 Å². The monoisotopic (exact) mass is 404 g/mol. The maximum absolute atomic E-state index is 11.4. The fourth-order valence-electron chi connectivity index (χ4n) is 3.70. The van der Waals surface area contributed by atoms with Gasteiger partial charge in [0.25, 0.3) is 0 Å². The van der Waals surface area contributed by atoms with E-state index in [1.54, 1.807) is 18.2 Å². The first-order chi connectivity index (χ1) is 14.6. The number of pyridine rings is 1. The number of aliphatic hydroxyl groups is 1. The second-order valence-corrected chi connectivity index (χ2v) is 7.48. The van der Waals surface area contributed by atoms with Crippen LogP contribution in [0, 0.1) is 11.3 Å². The second-order valence-electron chi connectivity index (χ2n) is 7.48. The molecule has 0 amide bonds. The van der Waals surface area contributed by atoms with Crippen LogP contribution in [0.5, 0.6) is 5.75 Å². The topological polar surface area (TPSA) is 92.6 Å². The predicted molar refractivity (Wildman–Crippen MR) is 116 cm³/mol. The van der Waals surface area contributed by atoms with Crippen molar-refractivity contribution in [2.45, 2.75) is 6.10 Å². The minimum atomic E-state index is -0.585. The summed E-state index contributed by atoms with van der Waals surface area (Å²) >= 11 is 0. The van der Waals surface area contributed by atoms with Gasteiger partial charge >= 0.3 is 0 Å². The van der Waals surface area contributed by atoms with Crippen LogP contribution in [-0.2, 0) is 0 Å². The smallest absolute Gasteiger partial charge is 0.248 e. The van der Waals surface area contributed by atoms with Crippen molar-refractivity contribution in [2.75, 3.05) is 44.2 Å². The second kappa shape index (κ2) is 8.99. The molecule has 0 aliphatic carbocycles. The Morgan fingerprint density at radius 2 is 1.83 bits per heavy atom. The Balaban J connectivity index is 1.25. The van der Waals surface area contributed by atoms with Crippen LogP contribution < -0.4 is 15.2 Å². The molecule has 1 atom stereocenters. The number of piperazine rings is 1. The summed E-state index contributed by atoms with van der Waals surface area (Å²) in [5.74, 6) is 0.666. The van der Waals surface area contributed by atoms with Gasteiger partial charge in [0.15, 0.2) is 0 Å². The van der Waals surface area contributed by atoms with E-state index in [-0.39, 0.29) is 12.2 Å². The number of nitrogens with zero attached hydrogens (tertiary/aromatic N) is 3. The van der Waals surface area contributed by atoms with Gasteiger partial charge in [-0.15, -0.1) is 0 Å². The molecule has 0 radical (unpaired) electrons. The van der Waals surface area contributed by atoms with Crippen molar-refractivity contribution in [3.8, 4) is 11.8 Å². The van der Waals surface area contributed by atoms with E-state index in [4.69, 9.17) is 10.00 Å². The van der Waals surface area contributed by atoms with E-state index in [0.717, 1.165) is 42.8 Å². The Kier molecular flexibility index (Phi) is 5.98. The first-order valence-corrected chi connectivity index (χ1v) is 10.0. The lowest BCUT2D eigenvalue weighted by atomic mass is 10.2. The van der Waals surface area contributed by atoms with Gasteiger partial charge in [0.1, 0.15) is 18.5 Å². The van der Waals surface area contributed by atoms with Crippen LogP contribution in [-0.4, -0.2) is 60.4 Å². The molecule has 0 saturated carbocycles. The van der Waals surface area contributed by atoms with Crippen LogP contribution >= 0.6 is 0 Å². The summed E-state index contributed by atoms with van der Waals surface area (Å²) in [6.45, 7) is 4.25. The van der Waals surface area contributed by atoms with Crippen LogP contribution in [0.1, 0.15) is 5.56 Å². The number of aliphatic hydroxyl groups excluding tert-OH is 1. The van der Waals surface area contributed by atoms with Crippen molar-refractivity contribution in [3.05, 3.63) is 70.5 Å². The molecule has 154 valence electrons. The first-order valence-electron chi connectivity index (χ1n) is 10.0. The number of rotatable bonds is 6. The molecule has 0 bridgehead atoms. The molecule has 7 heteroatoms. The standard InChI is InChI=1S/C23H24N4O3/c24-14-17-1-4-19(5-2-17)27-11-9-26(10-12-27)15-20(28)16-30-21-6-7-22-18(13-21)3-8-23(29)25-22/h1-8,13,20,28H,9-12,15-16H2,(H,25,29)/t20-/m0/s1. The molecule has 7 nitrogen and oxygen atoms in total. The third kappa shape index (κ3) is 4.79. The molecule has 1 aromatic heterocycles. The lowest BCUT2D eigenvalue weighted by Gasteiger charge is -2.36. The Morgan fingerprint density at radius 3 is 2.57 bits per heavy atom. The number of H-pyrrole nitrogens is 1. The molecule has 0 spiro atoms. The van der Waals surface area contributed by atoms with E-state index in [1.807, 2.05) is 30.3 Å².